The topological polar surface area (TPSA) is 25.1 Å². The second-order valence-electron chi connectivity index (χ2n) is 4.77. The van der Waals surface area contributed by atoms with E-state index in [-0.39, 0.29) is 0 Å². The van der Waals surface area contributed by atoms with E-state index in [2.05, 4.69) is 32.5 Å². The lowest BCUT2D eigenvalue weighted by atomic mass is 10.1. The van der Waals surface area contributed by atoms with Crippen molar-refractivity contribution in [1.29, 1.82) is 0 Å². The van der Waals surface area contributed by atoms with Gasteiger partial charge in [-0.25, -0.2) is 4.98 Å². The van der Waals surface area contributed by atoms with Gasteiger partial charge < -0.3 is 9.64 Å². The minimum absolute atomic E-state index is 0.747. The smallest absolute Gasteiger partial charge is 0.213 e. The highest BCUT2D eigenvalue weighted by Gasteiger charge is 2.14. The first kappa shape index (κ1) is 14.1. The van der Waals surface area contributed by atoms with Crippen LogP contribution in [0, 0.1) is 3.57 Å². The van der Waals surface area contributed by atoms with Gasteiger partial charge in [-0.1, -0.05) is 19.3 Å². The zero-order chi connectivity index (χ0) is 12.6. The lowest BCUT2D eigenvalue weighted by Gasteiger charge is -2.05. The second kappa shape index (κ2) is 7.94. The number of halogens is 1. The van der Waals surface area contributed by atoms with Crippen molar-refractivity contribution in [3.05, 3.63) is 21.9 Å². The molecule has 4 heteroatoms. The molecule has 0 atom stereocenters. The van der Waals surface area contributed by atoms with Crippen LogP contribution >= 0.6 is 22.6 Å². The first-order valence-electron chi connectivity index (χ1n) is 6.81. The SMILES string of the molecule is Ic1ccc(OCCCCCCCN2CC2)nc1. The third-order valence-electron chi connectivity index (χ3n) is 3.11. The highest BCUT2D eigenvalue weighted by molar-refractivity contribution is 14.1. The number of hydrogen-bond acceptors (Lipinski definition) is 3. The van der Waals surface area contributed by atoms with E-state index >= 15 is 0 Å². The molecule has 2 heterocycles. The quantitative estimate of drug-likeness (QED) is 0.384. The Morgan fingerprint density at radius 2 is 1.89 bits per heavy atom. The molecule has 0 aromatic carbocycles. The monoisotopic (exact) mass is 360 g/mol. The largest absolute Gasteiger partial charge is 0.478 e. The van der Waals surface area contributed by atoms with Crippen LogP contribution in [0.25, 0.3) is 0 Å². The summed E-state index contributed by atoms with van der Waals surface area (Å²) in [5.74, 6) is 0.747. The molecule has 1 saturated heterocycles. The summed E-state index contributed by atoms with van der Waals surface area (Å²) < 4.78 is 6.74. The number of aromatic nitrogens is 1. The van der Waals surface area contributed by atoms with Crippen LogP contribution in [0.3, 0.4) is 0 Å². The molecule has 2 rings (SSSR count). The first-order valence-corrected chi connectivity index (χ1v) is 7.89. The van der Waals surface area contributed by atoms with Crippen LogP contribution in [0.1, 0.15) is 32.1 Å². The van der Waals surface area contributed by atoms with Gasteiger partial charge in [0.1, 0.15) is 0 Å². The number of rotatable bonds is 9. The molecule has 0 aliphatic carbocycles. The fraction of sp³-hybridized carbons (Fsp3) is 0.643. The molecule has 18 heavy (non-hydrogen) atoms. The predicted octanol–water partition coefficient (Wildman–Crippen LogP) is 3.33. The standard InChI is InChI=1S/C14H21IN2O/c15-13-6-7-14(16-12-13)18-11-5-3-1-2-4-8-17-9-10-17/h6-7,12H,1-5,8-11H2. The van der Waals surface area contributed by atoms with Gasteiger partial charge in [0.25, 0.3) is 0 Å². The number of nitrogens with zero attached hydrogens (tertiary/aromatic N) is 2. The molecule has 3 nitrogen and oxygen atoms in total. The van der Waals surface area contributed by atoms with E-state index in [4.69, 9.17) is 4.74 Å². The van der Waals surface area contributed by atoms with Crippen molar-refractivity contribution in [2.24, 2.45) is 0 Å². The third-order valence-corrected chi connectivity index (χ3v) is 3.75. The van der Waals surface area contributed by atoms with E-state index in [9.17, 15) is 0 Å². The molecule has 0 spiro atoms. The third kappa shape index (κ3) is 6.00. The second-order valence-corrected chi connectivity index (χ2v) is 6.02. The molecule has 100 valence electrons. The van der Waals surface area contributed by atoms with E-state index < -0.39 is 0 Å². The summed E-state index contributed by atoms with van der Waals surface area (Å²) in [7, 11) is 0. The maximum atomic E-state index is 5.59. The minimum Gasteiger partial charge on any atom is -0.478 e. The average molecular weight is 360 g/mol. The van der Waals surface area contributed by atoms with Gasteiger partial charge >= 0.3 is 0 Å². The Morgan fingerprint density at radius 3 is 2.61 bits per heavy atom. The van der Waals surface area contributed by atoms with Crippen LogP contribution in [0.2, 0.25) is 0 Å². The Kier molecular flexibility index (Phi) is 6.20. The van der Waals surface area contributed by atoms with Gasteiger partial charge in [-0.2, -0.15) is 0 Å². The van der Waals surface area contributed by atoms with Crippen LogP contribution in [0.5, 0.6) is 5.88 Å². The van der Waals surface area contributed by atoms with Gasteiger partial charge in [0, 0.05) is 28.9 Å². The fourth-order valence-corrected chi connectivity index (χ4v) is 2.21. The highest BCUT2D eigenvalue weighted by atomic mass is 127. The van der Waals surface area contributed by atoms with Gasteiger partial charge in [-0.3, -0.25) is 0 Å². The Labute approximate surface area is 123 Å². The van der Waals surface area contributed by atoms with E-state index in [1.165, 1.54) is 45.3 Å². The number of hydrogen-bond donors (Lipinski definition) is 0. The van der Waals surface area contributed by atoms with Gasteiger partial charge in [-0.15, -0.1) is 0 Å². The molecular weight excluding hydrogens is 339 g/mol. The Balaban J connectivity index is 1.42. The summed E-state index contributed by atoms with van der Waals surface area (Å²) in [6.07, 6.45) is 8.29. The number of pyridine rings is 1. The van der Waals surface area contributed by atoms with Crippen molar-refractivity contribution in [3.8, 4) is 5.88 Å². The van der Waals surface area contributed by atoms with E-state index in [1.807, 2.05) is 18.3 Å². The summed E-state index contributed by atoms with van der Waals surface area (Å²) in [6, 6.07) is 3.96. The van der Waals surface area contributed by atoms with Gasteiger partial charge in [-0.05, 0) is 48.0 Å². The van der Waals surface area contributed by atoms with E-state index in [0.717, 1.165) is 22.5 Å². The minimum atomic E-state index is 0.747. The summed E-state index contributed by atoms with van der Waals surface area (Å²) in [6.45, 7) is 4.76. The van der Waals surface area contributed by atoms with Crippen LogP contribution in [-0.2, 0) is 0 Å². The van der Waals surface area contributed by atoms with E-state index in [0.29, 0.717) is 0 Å². The lowest BCUT2D eigenvalue weighted by molar-refractivity contribution is 0.293. The van der Waals surface area contributed by atoms with Gasteiger partial charge in [0.15, 0.2) is 0 Å². The maximum absolute atomic E-state index is 5.59. The zero-order valence-corrected chi connectivity index (χ0v) is 12.9. The molecule has 1 fully saturated rings. The molecule has 1 aliphatic rings. The van der Waals surface area contributed by atoms with E-state index in [1.54, 1.807) is 0 Å². The number of unbranched alkanes of at least 4 members (excludes halogenated alkanes) is 4. The molecule has 1 aromatic heterocycles. The van der Waals surface area contributed by atoms with Crippen LogP contribution < -0.4 is 4.74 Å². The molecule has 0 N–H and O–H groups in total. The first-order chi connectivity index (χ1) is 8.84. The molecular formula is C14H21IN2O. The molecule has 0 saturated carbocycles. The van der Waals surface area contributed by atoms with Gasteiger partial charge in [0.2, 0.25) is 5.88 Å². The molecule has 1 aromatic rings. The van der Waals surface area contributed by atoms with Crippen molar-refractivity contribution in [1.82, 2.24) is 9.88 Å². The Morgan fingerprint density at radius 1 is 1.11 bits per heavy atom. The fourth-order valence-electron chi connectivity index (χ4n) is 1.89. The van der Waals surface area contributed by atoms with Crippen molar-refractivity contribution >= 4 is 22.6 Å². The van der Waals surface area contributed by atoms with Crippen LogP contribution in [0.4, 0.5) is 0 Å². The lowest BCUT2D eigenvalue weighted by Crippen LogP contribution is -2.00. The maximum Gasteiger partial charge on any atom is 0.213 e. The van der Waals surface area contributed by atoms with Crippen molar-refractivity contribution in [3.63, 3.8) is 0 Å². The zero-order valence-electron chi connectivity index (χ0n) is 10.8. The van der Waals surface area contributed by atoms with Crippen molar-refractivity contribution in [2.45, 2.75) is 32.1 Å². The normalized spacial score (nSPS) is 14.7. The van der Waals surface area contributed by atoms with Gasteiger partial charge in [0.05, 0.1) is 6.61 Å². The van der Waals surface area contributed by atoms with Crippen molar-refractivity contribution < 1.29 is 4.74 Å². The molecule has 1 aliphatic heterocycles. The van der Waals surface area contributed by atoms with Crippen LogP contribution in [0.15, 0.2) is 18.3 Å². The summed E-state index contributed by atoms with van der Waals surface area (Å²) in [5, 5.41) is 0. The summed E-state index contributed by atoms with van der Waals surface area (Å²) in [5.41, 5.74) is 0. The average Bonchev–Trinajstić information content (AvgIpc) is 3.19. The summed E-state index contributed by atoms with van der Waals surface area (Å²) >= 11 is 2.25. The molecule has 0 bridgehead atoms. The molecule has 0 radical (unpaired) electrons. The highest BCUT2D eigenvalue weighted by Crippen LogP contribution is 2.11. The number of ether oxygens (including phenoxy) is 1. The molecule has 0 unspecified atom stereocenters. The van der Waals surface area contributed by atoms with Crippen molar-refractivity contribution in [2.75, 3.05) is 26.2 Å². The van der Waals surface area contributed by atoms with Crippen LogP contribution in [-0.4, -0.2) is 36.1 Å². The molecule has 0 amide bonds. The Hall–Kier alpha value is -0.360. The Bertz CT molecular complexity index is 338. The predicted molar refractivity (Wildman–Crippen MR) is 82.0 cm³/mol. The summed E-state index contributed by atoms with van der Waals surface area (Å²) in [4.78, 5) is 6.71.